The summed E-state index contributed by atoms with van der Waals surface area (Å²) in [6.07, 6.45) is 0. The van der Waals surface area contributed by atoms with Gasteiger partial charge in [0.15, 0.2) is 10.9 Å². The van der Waals surface area contributed by atoms with Crippen molar-refractivity contribution in [3.8, 4) is 0 Å². The van der Waals surface area contributed by atoms with Gasteiger partial charge in [-0.15, -0.1) is 0 Å². The van der Waals surface area contributed by atoms with Crippen LogP contribution in [-0.4, -0.2) is 24.9 Å². The van der Waals surface area contributed by atoms with Crippen LogP contribution in [0.15, 0.2) is 0 Å². The number of rotatable bonds is 2. The van der Waals surface area contributed by atoms with Gasteiger partial charge in [-0.3, -0.25) is 4.79 Å². The van der Waals surface area contributed by atoms with Crippen molar-refractivity contribution in [2.24, 2.45) is 0 Å². The van der Waals surface area contributed by atoms with E-state index in [-0.39, 0.29) is 11.2 Å². The van der Waals surface area contributed by atoms with E-state index < -0.39 is 0 Å². The Kier molecular flexibility index (Phi) is 3.19. The van der Waals surface area contributed by atoms with Crippen LogP contribution < -0.4 is 4.90 Å². The molecule has 0 saturated carbocycles. The molecule has 1 rings (SSSR count). The molecule has 1 aromatic rings. The molecule has 0 aromatic carbocycles. The number of aromatic nitrogens is 1. The minimum atomic E-state index is -0.0776. The van der Waals surface area contributed by atoms with Crippen LogP contribution in [0.5, 0.6) is 0 Å². The topological polar surface area (TPSA) is 33.2 Å². The van der Waals surface area contributed by atoms with Gasteiger partial charge in [-0.25, -0.2) is 4.98 Å². The smallest absolute Gasteiger partial charge is 0.185 e. The molecule has 0 radical (unpaired) electrons. The third-order valence-corrected chi connectivity index (χ3v) is 3.35. The van der Waals surface area contributed by atoms with Crippen LogP contribution in [0.4, 0.5) is 5.13 Å². The van der Waals surface area contributed by atoms with Gasteiger partial charge in [0, 0.05) is 26.4 Å². The largest absolute Gasteiger partial charge is 0.354 e. The quantitative estimate of drug-likeness (QED) is 0.727. The minimum Gasteiger partial charge on any atom is -0.354 e. The monoisotopic (exact) mass is 226 g/mol. The number of ketones is 1. The molecule has 0 atom stereocenters. The molecule has 4 heteroatoms. The summed E-state index contributed by atoms with van der Waals surface area (Å²) in [5, 5.41) is 0.894. The van der Waals surface area contributed by atoms with Crippen molar-refractivity contribution in [3.63, 3.8) is 0 Å². The summed E-state index contributed by atoms with van der Waals surface area (Å²) >= 11 is 1.47. The van der Waals surface area contributed by atoms with E-state index in [1.54, 1.807) is 6.92 Å². The molecule has 0 aliphatic rings. The fourth-order valence-electron chi connectivity index (χ4n) is 1.25. The number of Topliss-reactive ketones (excluding diaryl/α,β-unsaturated/α-hetero) is 1. The molecule has 1 heterocycles. The maximum absolute atomic E-state index is 11.5. The molecule has 0 saturated heterocycles. The predicted molar refractivity (Wildman–Crippen MR) is 65.1 cm³/mol. The maximum atomic E-state index is 11.5. The van der Waals surface area contributed by atoms with Crippen molar-refractivity contribution in [1.29, 1.82) is 0 Å². The van der Waals surface area contributed by atoms with Gasteiger partial charge < -0.3 is 4.90 Å². The van der Waals surface area contributed by atoms with Gasteiger partial charge in [-0.2, -0.15) is 0 Å². The number of thiazole rings is 1. The van der Waals surface area contributed by atoms with Crippen molar-refractivity contribution in [2.75, 3.05) is 19.0 Å². The molecular formula is C11H18N2OS. The maximum Gasteiger partial charge on any atom is 0.185 e. The van der Waals surface area contributed by atoms with Crippen LogP contribution in [0.3, 0.4) is 0 Å². The highest BCUT2D eigenvalue weighted by atomic mass is 32.1. The Morgan fingerprint density at radius 2 is 1.87 bits per heavy atom. The van der Waals surface area contributed by atoms with Crippen molar-refractivity contribution in [2.45, 2.75) is 33.1 Å². The third kappa shape index (κ3) is 2.56. The summed E-state index contributed by atoms with van der Waals surface area (Å²) in [5.41, 5.74) is 0.829. The summed E-state index contributed by atoms with van der Waals surface area (Å²) in [7, 11) is 3.88. The highest BCUT2D eigenvalue weighted by molar-refractivity contribution is 7.17. The molecule has 0 unspecified atom stereocenters. The van der Waals surface area contributed by atoms with Crippen LogP contribution in [0.25, 0.3) is 0 Å². The first-order valence-electron chi connectivity index (χ1n) is 4.93. The van der Waals surface area contributed by atoms with Crippen LogP contribution in [0.2, 0.25) is 0 Å². The Hall–Kier alpha value is -0.900. The fraction of sp³-hybridized carbons (Fsp3) is 0.636. The fourth-order valence-corrected chi connectivity index (χ4v) is 2.34. The highest BCUT2D eigenvalue weighted by Crippen LogP contribution is 2.33. The van der Waals surface area contributed by atoms with E-state index >= 15 is 0 Å². The van der Waals surface area contributed by atoms with E-state index in [4.69, 9.17) is 0 Å². The standard InChI is InChI=1S/C11H18N2OS/c1-7(14)8-9(11(2,3)4)12-10(15-8)13(5)6/h1-6H3. The zero-order valence-corrected chi connectivity index (χ0v) is 11.0. The van der Waals surface area contributed by atoms with Gasteiger partial charge in [0.2, 0.25) is 0 Å². The molecule has 0 N–H and O–H groups in total. The second kappa shape index (κ2) is 3.93. The third-order valence-electron chi connectivity index (χ3n) is 2.03. The van der Waals surface area contributed by atoms with E-state index in [1.165, 1.54) is 11.3 Å². The van der Waals surface area contributed by atoms with Gasteiger partial charge in [0.25, 0.3) is 0 Å². The lowest BCUT2D eigenvalue weighted by molar-refractivity contribution is 0.101. The Morgan fingerprint density at radius 3 is 2.13 bits per heavy atom. The van der Waals surface area contributed by atoms with Crippen LogP contribution >= 0.6 is 11.3 Å². The number of anilines is 1. The van der Waals surface area contributed by atoms with Crippen molar-refractivity contribution in [1.82, 2.24) is 4.98 Å². The lowest BCUT2D eigenvalue weighted by Gasteiger charge is -2.16. The molecule has 84 valence electrons. The summed E-state index contributed by atoms with van der Waals surface area (Å²) in [4.78, 5) is 18.7. The van der Waals surface area contributed by atoms with Gasteiger partial charge in [0.1, 0.15) is 0 Å². The number of nitrogens with zero attached hydrogens (tertiary/aromatic N) is 2. The molecule has 0 aliphatic carbocycles. The SMILES string of the molecule is CC(=O)c1sc(N(C)C)nc1C(C)(C)C. The van der Waals surface area contributed by atoms with Crippen molar-refractivity contribution >= 4 is 22.3 Å². The van der Waals surface area contributed by atoms with E-state index in [0.717, 1.165) is 15.7 Å². The summed E-state index contributed by atoms with van der Waals surface area (Å²) in [6.45, 7) is 7.83. The zero-order chi connectivity index (χ0) is 11.8. The predicted octanol–water partition coefficient (Wildman–Crippen LogP) is 2.71. The zero-order valence-electron chi connectivity index (χ0n) is 10.2. The molecule has 0 bridgehead atoms. The molecular weight excluding hydrogens is 208 g/mol. The number of carbonyl (C=O) groups excluding carboxylic acids is 1. The van der Waals surface area contributed by atoms with Crippen LogP contribution in [-0.2, 0) is 5.41 Å². The van der Waals surface area contributed by atoms with Gasteiger partial charge >= 0.3 is 0 Å². The first-order valence-corrected chi connectivity index (χ1v) is 5.74. The number of carbonyl (C=O) groups is 1. The number of hydrogen-bond donors (Lipinski definition) is 0. The first kappa shape index (κ1) is 12.2. The minimum absolute atomic E-state index is 0.0776. The van der Waals surface area contributed by atoms with E-state index in [1.807, 2.05) is 19.0 Å². The molecule has 0 amide bonds. The Labute approximate surface area is 95.1 Å². The summed E-state index contributed by atoms with van der Waals surface area (Å²) < 4.78 is 0. The molecule has 3 nitrogen and oxygen atoms in total. The molecule has 15 heavy (non-hydrogen) atoms. The summed E-state index contributed by atoms with van der Waals surface area (Å²) in [6, 6.07) is 0. The van der Waals surface area contributed by atoms with Crippen molar-refractivity contribution in [3.05, 3.63) is 10.6 Å². The van der Waals surface area contributed by atoms with Crippen molar-refractivity contribution < 1.29 is 4.79 Å². The molecule has 1 aromatic heterocycles. The normalized spacial score (nSPS) is 11.6. The van der Waals surface area contributed by atoms with E-state index in [2.05, 4.69) is 25.8 Å². The van der Waals surface area contributed by atoms with E-state index in [9.17, 15) is 4.79 Å². The van der Waals surface area contributed by atoms with Gasteiger partial charge in [-0.05, 0) is 0 Å². The van der Waals surface area contributed by atoms with Gasteiger partial charge in [-0.1, -0.05) is 32.1 Å². The second-order valence-corrected chi connectivity index (χ2v) is 5.85. The van der Waals surface area contributed by atoms with Crippen LogP contribution in [0, 0.1) is 0 Å². The lowest BCUT2D eigenvalue weighted by Crippen LogP contribution is -2.16. The lowest BCUT2D eigenvalue weighted by atomic mass is 9.91. The van der Waals surface area contributed by atoms with E-state index in [0.29, 0.717) is 0 Å². The molecule has 0 spiro atoms. The molecule has 0 fully saturated rings. The average molecular weight is 226 g/mol. The van der Waals surface area contributed by atoms with Crippen LogP contribution in [0.1, 0.15) is 43.1 Å². The Morgan fingerprint density at radius 1 is 1.33 bits per heavy atom. The Balaban J connectivity index is 3.30. The first-order chi connectivity index (χ1) is 6.73. The Bertz CT molecular complexity index is 374. The van der Waals surface area contributed by atoms with Gasteiger partial charge in [0.05, 0.1) is 10.6 Å². The molecule has 0 aliphatic heterocycles. The highest BCUT2D eigenvalue weighted by Gasteiger charge is 2.25. The number of hydrogen-bond acceptors (Lipinski definition) is 4. The average Bonchev–Trinajstić information content (AvgIpc) is 2.45. The second-order valence-electron chi connectivity index (χ2n) is 4.87. The summed E-state index contributed by atoms with van der Waals surface area (Å²) in [5.74, 6) is 0.102.